The molecule has 0 aromatic carbocycles. The summed E-state index contributed by atoms with van der Waals surface area (Å²) in [5.41, 5.74) is 0. The van der Waals surface area contributed by atoms with Gasteiger partial charge in [0.15, 0.2) is 0 Å². The quantitative estimate of drug-likeness (QED) is 0.569. The van der Waals surface area contributed by atoms with Crippen LogP contribution in [0.2, 0.25) is 0 Å². The van der Waals surface area contributed by atoms with Crippen molar-refractivity contribution in [2.45, 2.75) is 33.3 Å². The zero-order valence-electron chi connectivity index (χ0n) is 7.09. The van der Waals surface area contributed by atoms with Gasteiger partial charge < -0.3 is 9.47 Å². The first-order valence-electron chi connectivity index (χ1n) is 3.91. The maximum absolute atomic E-state index is 5.31. The second-order valence-corrected chi connectivity index (χ2v) is 1.99. The molecule has 0 N–H and O–H groups in total. The van der Waals surface area contributed by atoms with E-state index in [9.17, 15) is 0 Å². The molecule has 1 atom stereocenters. The summed E-state index contributed by atoms with van der Waals surface area (Å²) in [6.07, 6.45) is 1.15. The van der Waals surface area contributed by atoms with Gasteiger partial charge in [-0.15, -0.1) is 0 Å². The van der Waals surface area contributed by atoms with Gasteiger partial charge in [0.25, 0.3) is 0 Å². The summed E-state index contributed by atoms with van der Waals surface area (Å²) in [5, 5.41) is 0. The van der Waals surface area contributed by atoms with Crippen LogP contribution in [0.1, 0.15) is 27.2 Å². The summed E-state index contributed by atoms with van der Waals surface area (Å²) in [6.45, 7) is 9.28. The molecule has 0 aliphatic carbocycles. The monoisotopic (exact) mass is 145 g/mol. The number of hydrogen-bond donors (Lipinski definition) is 0. The average Bonchev–Trinajstić information content (AvgIpc) is 1.98. The van der Waals surface area contributed by atoms with E-state index < -0.39 is 0 Å². The van der Waals surface area contributed by atoms with Gasteiger partial charge in [0, 0.05) is 13.2 Å². The van der Waals surface area contributed by atoms with Crippen LogP contribution < -0.4 is 0 Å². The van der Waals surface area contributed by atoms with E-state index in [1.54, 1.807) is 6.61 Å². The zero-order valence-corrected chi connectivity index (χ0v) is 7.09. The molecule has 1 radical (unpaired) electrons. The van der Waals surface area contributed by atoms with Gasteiger partial charge in [-0.25, -0.2) is 0 Å². The highest BCUT2D eigenvalue weighted by molar-refractivity contribution is 4.64. The first kappa shape index (κ1) is 9.92. The van der Waals surface area contributed by atoms with E-state index in [2.05, 4.69) is 6.92 Å². The predicted octanol–water partition coefficient (Wildman–Crippen LogP) is 2.00. The zero-order chi connectivity index (χ0) is 7.82. The van der Waals surface area contributed by atoms with Gasteiger partial charge in [-0.05, 0) is 20.3 Å². The van der Waals surface area contributed by atoms with E-state index in [1.165, 1.54) is 0 Å². The van der Waals surface area contributed by atoms with E-state index in [4.69, 9.17) is 9.47 Å². The fraction of sp³-hybridized carbons (Fsp3) is 0.875. The van der Waals surface area contributed by atoms with Crippen LogP contribution in [0, 0.1) is 6.61 Å². The normalized spacial score (nSPS) is 13.5. The average molecular weight is 145 g/mol. The highest BCUT2D eigenvalue weighted by Crippen LogP contribution is 2.02. The summed E-state index contributed by atoms with van der Waals surface area (Å²) in [5.74, 6) is 0. The van der Waals surface area contributed by atoms with Crippen molar-refractivity contribution >= 4 is 0 Å². The fourth-order valence-electron chi connectivity index (χ4n) is 0.671. The first-order chi connectivity index (χ1) is 4.85. The lowest BCUT2D eigenvalue weighted by molar-refractivity contribution is 0.0296. The summed E-state index contributed by atoms with van der Waals surface area (Å²) < 4.78 is 10.4. The minimum absolute atomic E-state index is 0.171. The summed E-state index contributed by atoms with van der Waals surface area (Å²) >= 11 is 0. The SMILES string of the molecule is CCO[CH]C(CC)OCC. The standard InChI is InChI=1S/C8H17O2/c1-4-8(10-6-3)7-9-5-2/h7-8H,4-6H2,1-3H3. The molecule has 10 heavy (non-hydrogen) atoms. The summed E-state index contributed by atoms with van der Waals surface area (Å²) in [7, 11) is 0. The largest absolute Gasteiger partial charge is 0.376 e. The molecule has 0 aliphatic heterocycles. The van der Waals surface area contributed by atoms with Gasteiger partial charge in [-0.1, -0.05) is 6.92 Å². The Hall–Kier alpha value is -0.0800. The molecule has 0 heterocycles. The Bertz CT molecular complexity index is 64.3. The molecule has 2 heteroatoms. The lowest BCUT2D eigenvalue weighted by Crippen LogP contribution is -2.13. The summed E-state index contributed by atoms with van der Waals surface area (Å²) in [4.78, 5) is 0. The Balaban J connectivity index is 3.21. The lowest BCUT2D eigenvalue weighted by Gasteiger charge is -2.12. The second kappa shape index (κ2) is 7.03. The molecule has 0 fully saturated rings. The van der Waals surface area contributed by atoms with Crippen molar-refractivity contribution in [3.63, 3.8) is 0 Å². The van der Waals surface area contributed by atoms with Crippen molar-refractivity contribution in [3.05, 3.63) is 6.61 Å². The minimum Gasteiger partial charge on any atom is -0.376 e. The Morgan fingerprint density at radius 3 is 2.30 bits per heavy atom. The molecular weight excluding hydrogens is 128 g/mol. The molecule has 0 saturated heterocycles. The van der Waals surface area contributed by atoms with Crippen LogP contribution in [0.3, 0.4) is 0 Å². The first-order valence-corrected chi connectivity index (χ1v) is 3.91. The van der Waals surface area contributed by atoms with Crippen LogP contribution >= 0.6 is 0 Å². The van der Waals surface area contributed by atoms with Crippen LogP contribution in [-0.4, -0.2) is 19.3 Å². The van der Waals surface area contributed by atoms with Crippen molar-refractivity contribution in [2.24, 2.45) is 0 Å². The van der Waals surface area contributed by atoms with E-state index in [1.807, 2.05) is 13.8 Å². The molecule has 2 nitrogen and oxygen atoms in total. The molecule has 0 aliphatic rings. The molecule has 0 rings (SSSR count). The molecule has 0 amide bonds. The maximum Gasteiger partial charge on any atom is 0.112 e. The summed E-state index contributed by atoms with van der Waals surface area (Å²) in [6, 6.07) is 0. The van der Waals surface area contributed by atoms with Gasteiger partial charge in [0.2, 0.25) is 0 Å². The third-order valence-electron chi connectivity index (χ3n) is 1.20. The lowest BCUT2D eigenvalue weighted by atomic mass is 10.3. The molecular formula is C8H17O2. The van der Waals surface area contributed by atoms with E-state index in [-0.39, 0.29) is 6.10 Å². The van der Waals surface area contributed by atoms with Crippen molar-refractivity contribution in [2.75, 3.05) is 13.2 Å². The Morgan fingerprint density at radius 1 is 1.20 bits per heavy atom. The highest BCUT2D eigenvalue weighted by atomic mass is 16.5. The van der Waals surface area contributed by atoms with Crippen molar-refractivity contribution in [3.8, 4) is 0 Å². The van der Waals surface area contributed by atoms with Crippen LogP contribution in [0.25, 0.3) is 0 Å². The van der Waals surface area contributed by atoms with Crippen LogP contribution in [-0.2, 0) is 9.47 Å². The molecule has 1 unspecified atom stereocenters. The van der Waals surface area contributed by atoms with Gasteiger partial charge in [-0.2, -0.15) is 0 Å². The van der Waals surface area contributed by atoms with E-state index in [0.717, 1.165) is 19.6 Å². The van der Waals surface area contributed by atoms with Gasteiger partial charge >= 0.3 is 0 Å². The molecule has 0 bridgehead atoms. The van der Waals surface area contributed by atoms with Crippen molar-refractivity contribution in [1.29, 1.82) is 0 Å². The van der Waals surface area contributed by atoms with Gasteiger partial charge in [-0.3, -0.25) is 0 Å². The highest BCUT2D eigenvalue weighted by Gasteiger charge is 2.04. The predicted molar refractivity (Wildman–Crippen MR) is 41.6 cm³/mol. The Morgan fingerprint density at radius 2 is 1.90 bits per heavy atom. The van der Waals surface area contributed by atoms with Crippen molar-refractivity contribution in [1.82, 2.24) is 0 Å². The number of ether oxygens (including phenoxy) is 2. The molecule has 0 saturated carbocycles. The van der Waals surface area contributed by atoms with Crippen LogP contribution in [0.5, 0.6) is 0 Å². The smallest absolute Gasteiger partial charge is 0.112 e. The van der Waals surface area contributed by atoms with Crippen LogP contribution in [0.4, 0.5) is 0 Å². The van der Waals surface area contributed by atoms with Gasteiger partial charge in [0.05, 0.1) is 6.10 Å². The number of hydrogen-bond acceptors (Lipinski definition) is 2. The van der Waals surface area contributed by atoms with Crippen molar-refractivity contribution < 1.29 is 9.47 Å². The Labute approximate surface area is 63.5 Å². The third-order valence-corrected chi connectivity index (χ3v) is 1.20. The van der Waals surface area contributed by atoms with E-state index >= 15 is 0 Å². The van der Waals surface area contributed by atoms with Crippen LogP contribution in [0.15, 0.2) is 0 Å². The molecule has 0 aromatic heterocycles. The number of rotatable bonds is 6. The maximum atomic E-state index is 5.31. The minimum atomic E-state index is 0.171. The fourth-order valence-corrected chi connectivity index (χ4v) is 0.671. The van der Waals surface area contributed by atoms with Gasteiger partial charge in [0.1, 0.15) is 6.61 Å². The molecule has 0 aromatic rings. The molecule has 61 valence electrons. The van der Waals surface area contributed by atoms with E-state index in [0.29, 0.717) is 0 Å². The third kappa shape index (κ3) is 4.77. The topological polar surface area (TPSA) is 18.5 Å². The molecule has 0 spiro atoms. The Kier molecular flexibility index (Phi) is 6.98. The second-order valence-electron chi connectivity index (χ2n) is 1.99.